The van der Waals surface area contributed by atoms with Crippen LogP contribution in [0.3, 0.4) is 0 Å². The van der Waals surface area contributed by atoms with Crippen LogP contribution in [0.15, 0.2) is 40.9 Å². The lowest BCUT2D eigenvalue weighted by atomic mass is 9.97. The van der Waals surface area contributed by atoms with Gasteiger partial charge in [0.15, 0.2) is 0 Å². The normalized spacial score (nSPS) is 14.6. The lowest BCUT2D eigenvalue weighted by Crippen LogP contribution is -2.20. The Hall–Kier alpha value is -0.590. The highest BCUT2D eigenvalue weighted by Crippen LogP contribution is 2.35. The maximum atomic E-state index is 5.85. The van der Waals surface area contributed by atoms with E-state index >= 15 is 0 Å². The first-order valence-corrected chi connectivity index (χ1v) is 8.92. The zero-order valence-corrected chi connectivity index (χ0v) is 15.6. The number of likely N-dealkylation sites (N-methyl/N-ethyl adjacent to an activating group) is 1. The van der Waals surface area contributed by atoms with Gasteiger partial charge in [0.25, 0.3) is 0 Å². The van der Waals surface area contributed by atoms with Gasteiger partial charge in [0.05, 0.1) is 6.61 Å². The Morgan fingerprint density at radius 1 is 1.33 bits per heavy atom. The third-order valence-corrected chi connectivity index (χ3v) is 5.32. The maximum Gasteiger partial charge on any atom is 0.125 e. The fourth-order valence-corrected chi connectivity index (χ4v) is 4.16. The first-order chi connectivity index (χ1) is 10.2. The lowest BCUT2D eigenvalue weighted by molar-refractivity contribution is 0.352. The molecule has 2 aromatic carbocycles. The van der Waals surface area contributed by atoms with Gasteiger partial charge in [-0.3, -0.25) is 0 Å². The van der Waals surface area contributed by atoms with Gasteiger partial charge in [0.2, 0.25) is 0 Å². The zero-order valence-electron chi connectivity index (χ0n) is 11.8. The fourth-order valence-electron chi connectivity index (χ4n) is 2.84. The third-order valence-electron chi connectivity index (χ3n) is 3.88. The van der Waals surface area contributed by atoms with Crippen LogP contribution < -0.4 is 10.1 Å². The van der Waals surface area contributed by atoms with Crippen molar-refractivity contribution < 1.29 is 4.74 Å². The Balaban J connectivity index is 1.94. The van der Waals surface area contributed by atoms with Gasteiger partial charge in [-0.1, -0.05) is 34.1 Å². The Kier molecular flexibility index (Phi) is 4.86. The first-order valence-electron chi connectivity index (χ1n) is 7.05. The van der Waals surface area contributed by atoms with Crippen LogP contribution in [0.4, 0.5) is 0 Å². The van der Waals surface area contributed by atoms with E-state index in [1.54, 1.807) is 0 Å². The molecule has 1 unspecified atom stereocenters. The topological polar surface area (TPSA) is 21.3 Å². The van der Waals surface area contributed by atoms with Gasteiger partial charge < -0.3 is 10.1 Å². The molecule has 0 spiro atoms. The van der Waals surface area contributed by atoms with E-state index in [9.17, 15) is 0 Å². The molecule has 110 valence electrons. The summed E-state index contributed by atoms with van der Waals surface area (Å²) in [6, 6.07) is 13.2. The molecule has 0 saturated heterocycles. The number of halogens is 2. The van der Waals surface area contributed by atoms with Crippen molar-refractivity contribution in [2.24, 2.45) is 0 Å². The molecule has 0 amide bonds. The second-order valence-electron chi connectivity index (χ2n) is 5.22. The number of fused-ring (bicyclic) bond motifs is 1. The van der Waals surface area contributed by atoms with Crippen molar-refractivity contribution >= 4 is 38.5 Å². The zero-order chi connectivity index (χ0) is 14.8. The van der Waals surface area contributed by atoms with E-state index in [1.807, 2.05) is 7.05 Å². The summed E-state index contributed by atoms with van der Waals surface area (Å²) in [6.45, 7) is 0.797. The van der Waals surface area contributed by atoms with Gasteiger partial charge in [-0.25, -0.2) is 0 Å². The quantitative estimate of drug-likeness (QED) is 0.683. The molecular weight excluding hydrogens is 441 g/mol. The van der Waals surface area contributed by atoms with Crippen LogP contribution in [0.2, 0.25) is 0 Å². The van der Waals surface area contributed by atoms with Gasteiger partial charge in [0.1, 0.15) is 5.75 Å². The third kappa shape index (κ3) is 3.27. The lowest BCUT2D eigenvalue weighted by Gasteiger charge is -2.20. The molecule has 1 N–H and O–H groups in total. The molecule has 0 radical (unpaired) electrons. The number of ether oxygens (including phenoxy) is 1. The minimum Gasteiger partial charge on any atom is -0.493 e. The monoisotopic (exact) mass is 457 g/mol. The van der Waals surface area contributed by atoms with Crippen LogP contribution in [0.5, 0.6) is 5.75 Å². The predicted molar refractivity (Wildman–Crippen MR) is 98.0 cm³/mol. The van der Waals surface area contributed by atoms with Crippen molar-refractivity contribution in [1.82, 2.24) is 5.32 Å². The van der Waals surface area contributed by atoms with Gasteiger partial charge >= 0.3 is 0 Å². The summed E-state index contributed by atoms with van der Waals surface area (Å²) in [5.41, 5.74) is 3.93. The van der Waals surface area contributed by atoms with Crippen molar-refractivity contribution in [3.8, 4) is 5.75 Å². The van der Waals surface area contributed by atoms with E-state index < -0.39 is 0 Å². The Bertz CT molecular complexity index is 659. The summed E-state index contributed by atoms with van der Waals surface area (Å²) < 4.78 is 8.28. The molecule has 3 rings (SSSR count). The van der Waals surface area contributed by atoms with Crippen molar-refractivity contribution in [2.45, 2.75) is 18.9 Å². The molecule has 0 fully saturated rings. The molecule has 2 aromatic rings. The molecule has 0 aromatic heterocycles. The van der Waals surface area contributed by atoms with Gasteiger partial charge in [-0.2, -0.15) is 0 Å². The summed E-state index contributed by atoms with van der Waals surface area (Å²) in [6.07, 6.45) is 1.94. The fraction of sp³-hybridized carbons (Fsp3) is 0.294. The molecule has 0 bridgehead atoms. The van der Waals surface area contributed by atoms with Crippen LogP contribution >= 0.6 is 38.5 Å². The molecule has 0 aliphatic carbocycles. The Morgan fingerprint density at radius 3 is 2.90 bits per heavy atom. The number of nitrogens with one attached hydrogen (secondary N) is 1. The maximum absolute atomic E-state index is 5.85. The Morgan fingerprint density at radius 2 is 2.14 bits per heavy atom. The SMILES string of the molecule is CNC(Cc1cc(Br)cc2c1OCC2)c1ccccc1I. The summed E-state index contributed by atoms with van der Waals surface area (Å²) in [7, 11) is 2.02. The number of rotatable bonds is 4. The summed E-state index contributed by atoms with van der Waals surface area (Å²) >= 11 is 6.03. The molecule has 21 heavy (non-hydrogen) atoms. The van der Waals surface area contributed by atoms with Crippen LogP contribution in [0, 0.1) is 3.57 Å². The van der Waals surface area contributed by atoms with Gasteiger partial charge in [0, 0.05) is 20.5 Å². The van der Waals surface area contributed by atoms with Crippen LogP contribution in [0.25, 0.3) is 0 Å². The second kappa shape index (κ2) is 6.67. The number of benzene rings is 2. The van der Waals surface area contributed by atoms with Crippen LogP contribution in [-0.4, -0.2) is 13.7 Å². The molecule has 2 nitrogen and oxygen atoms in total. The molecule has 1 atom stereocenters. The molecule has 1 aliphatic rings. The molecule has 1 heterocycles. The van der Waals surface area contributed by atoms with E-state index in [4.69, 9.17) is 4.74 Å². The second-order valence-corrected chi connectivity index (χ2v) is 7.30. The summed E-state index contributed by atoms with van der Waals surface area (Å²) in [5.74, 6) is 1.09. The molecule has 0 saturated carbocycles. The van der Waals surface area contributed by atoms with E-state index in [2.05, 4.69) is 80.2 Å². The van der Waals surface area contributed by atoms with E-state index in [0.717, 1.165) is 29.7 Å². The van der Waals surface area contributed by atoms with Gasteiger partial charge in [-0.05, 0) is 70.9 Å². The molecular formula is C17H17BrINO. The van der Waals surface area contributed by atoms with Crippen molar-refractivity contribution in [2.75, 3.05) is 13.7 Å². The van der Waals surface area contributed by atoms with Crippen LogP contribution in [0.1, 0.15) is 22.7 Å². The number of hydrogen-bond acceptors (Lipinski definition) is 2. The molecule has 1 aliphatic heterocycles. The Labute approximate surface area is 147 Å². The average Bonchev–Trinajstić information content (AvgIpc) is 2.93. The largest absolute Gasteiger partial charge is 0.493 e. The average molecular weight is 458 g/mol. The molecule has 4 heteroatoms. The van der Waals surface area contributed by atoms with E-state index in [0.29, 0.717) is 6.04 Å². The minimum absolute atomic E-state index is 0.292. The minimum atomic E-state index is 0.292. The van der Waals surface area contributed by atoms with Crippen molar-refractivity contribution in [1.29, 1.82) is 0 Å². The summed E-state index contributed by atoms with van der Waals surface area (Å²) in [4.78, 5) is 0. The van der Waals surface area contributed by atoms with Gasteiger partial charge in [-0.15, -0.1) is 0 Å². The first kappa shape index (κ1) is 15.3. The van der Waals surface area contributed by atoms with E-state index in [1.165, 1.54) is 20.3 Å². The highest BCUT2D eigenvalue weighted by molar-refractivity contribution is 14.1. The van der Waals surface area contributed by atoms with Crippen molar-refractivity contribution in [3.63, 3.8) is 0 Å². The predicted octanol–water partition coefficient (Wildman–Crippen LogP) is 4.49. The van der Waals surface area contributed by atoms with Crippen LogP contribution in [-0.2, 0) is 12.8 Å². The van der Waals surface area contributed by atoms with Crippen molar-refractivity contribution in [3.05, 3.63) is 61.1 Å². The highest BCUT2D eigenvalue weighted by Gasteiger charge is 2.21. The summed E-state index contributed by atoms with van der Waals surface area (Å²) in [5, 5.41) is 3.44. The smallest absolute Gasteiger partial charge is 0.125 e. The highest BCUT2D eigenvalue weighted by atomic mass is 127. The van der Waals surface area contributed by atoms with E-state index in [-0.39, 0.29) is 0 Å². The standard InChI is InChI=1S/C17H17BrINO/c1-20-16(14-4-2-3-5-15(14)19)10-12-9-13(18)8-11-6-7-21-17(11)12/h2-5,8-9,16,20H,6-7,10H2,1H3. The number of hydrogen-bond donors (Lipinski definition) is 1.